The van der Waals surface area contributed by atoms with E-state index in [1.54, 1.807) is 0 Å². The summed E-state index contributed by atoms with van der Waals surface area (Å²) >= 11 is 0. The highest BCUT2D eigenvalue weighted by Gasteiger charge is 2.47. The molecule has 0 N–H and O–H groups in total. The number of hydrogen-bond donors (Lipinski definition) is 0. The zero-order chi connectivity index (χ0) is 34.2. The van der Waals surface area contributed by atoms with Gasteiger partial charge in [0.2, 0.25) is 0 Å². The van der Waals surface area contributed by atoms with E-state index in [1.165, 1.54) is 33.4 Å². The lowest BCUT2D eigenvalue weighted by atomic mass is 9.68. The lowest BCUT2D eigenvalue weighted by molar-refractivity contribution is 0.669. The second-order valence-corrected chi connectivity index (χ2v) is 13.6. The Morgan fingerprint density at radius 2 is 0.942 bits per heavy atom. The maximum atomic E-state index is 6.76. The van der Waals surface area contributed by atoms with Gasteiger partial charge in [-0.15, -0.1) is 0 Å². The summed E-state index contributed by atoms with van der Waals surface area (Å²) in [5.74, 6) is 0. The number of rotatable bonds is 5. The van der Waals surface area contributed by atoms with Crippen molar-refractivity contribution in [3.05, 3.63) is 210 Å². The molecule has 0 amide bonds. The van der Waals surface area contributed by atoms with Crippen molar-refractivity contribution in [1.82, 2.24) is 0 Å². The fourth-order valence-electron chi connectivity index (χ4n) is 8.83. The van der Waals surface area contributed by atoms with Gasteiger partial charge in [-0.1, -0.05) is 146 Å². The van der Waals surface area contributed by atoms with E-state index in [-0.39, 0.29) is 0 Å². The van der Waals surface area contributed by atoms with Crippen LogP contribution >= 0.6 is 0 Å². The molecule has 0 saturated heterocycles. The van der Waals surface area contributed by atoms with Crippen molar-refractivity contribution in [2.24, 2.45) is 0 Å². The van der Waals surface area contributed by atoms with Gasteiger partial charge in [0.15, 0.2) is 5.58 Å². The molecule has 1 aliphatic rings. The first-order valence-corrected chi connectivity index (χ1v) is 17.8. The van der Waals surface area contributed by atoms with Crippen molar-refractivity contribution < 1.29 is 8.83 Å². The highest BCUT2D eigenvalue weighted by Crippen LogP contribution is 2.60. The van der Waals surface area contributed by atoms with Crippen LogP contribution in [0.25, 0.3) is 55.0 Å². The van der Waals surface area contributed by atoms with Crippen LogP contribution in [0.15, 0.2) is 197 Å². The lowest BCUT2D eigenvalue weighted by Crippen LogP contribution is -2.28. The van der Waals surface area contributed by atoms with E-state index in [4.69, 9.17) is 8.83 Å². The van der Waals surface area contributed by atoms with Gasteiger partial charge in [0, 0.05) is 32.8 Å². The molecule has 1 aliphatic carbocycles. The molecule has 2 aromatic heterocycles. The molecule has 0 radical (unpaired) electrons. The number of nitrogens with zero attached hydrogens (tertiary/aromatic N) is 1. The molecule has 8 aromatic carbocycles. The second kappa shape index (κ2) is 11.1. The highest BCUT2D eigenvalue weighted by atomic mass is 16.3. The maximum Gasteiger partial charge on any atom is 0.159 e. The van der Waals surface area contributed by atoms with Gasteiger partial charge in [0.25, 0.3) is 0 Å². The summed E-state index contributed by atoms with van der Waals surface area (Å²) in [5, 5.41) is 4.36. The second-order valence-electron chi connectivity index (χ2n) is 13.6. The van der Waals surface area contributed by atoms with Gasteiger partial charge >= 0.3 is 0 Å². The summed E-state index contributed by atoms with van der Waals surface area (Å²) in [6.45, 7) is 0. The van der Waals surface area contributed by atoms with E-state index in [1.807, 2.05) is 18.2 Å². The molecular weight excluding hydrogens is 635 g/mol. The molecule has 0 atom stereocenters. The standard InChI is InChI=1S/C49H31NO2/c1-3-15-32(16-4-1)49(33-17-5-2-6-18-33)40-23-10-7-21-38(40)47-41(49)24-14-25-42(47)50(34-29-30-46-39(31-34)36-20-9-11-27-44(36)51-46)43-26-13-22-37-35-19-8-12-28-45(35)52-48(37)43/h1-31H. The molecular formula is C49H31NO2. The molecule has 0 saturated carbocycles. The summed E-state index contributed by atoms with van der Waals surface area (Å²) in [5.41, 5.74) is 13.4. The van der Waals surface area contributed by atoms with Gasteiger partial charge in [-0.25, -0.2) is 0 Å². The minimum Gasteiger partial charge on any atom is -0.456 e. The van der Waals surface area contributed by atoms with Crippen molar-refractivity contribution in [3.8, 4) is 11.1 Å². The number of para-hydroxylation sites is 3. The third-order valence-electron chi connectivity index (χ3n) is 10.9. The molecule has 11 rings (SSSR count). The van der Waals surface area contributed by atoms with Crippen LogP contribution in [0.3, 0.4) is 0 Å². The van der Waals surface area contributed by atoms with Gasteiger partial charge in [-0.2, -0.15) is 0 Å². The Morgan fingerprint density at radius 1 is 0.385 bits per heavy atom. The molecule has 244 valence electrons. The Kier molecular flexibility index (Phi) is 6.17. The van der Waals surface area contributed by atoms with E-state index >= 15 is 0 Å². The van der Waals surface area contributed by atoms with Crippen LogP contribution in [0.5, 0.6) is 0 Å². The quantitative estimate of drug-likeness (QED) is 0.183. The van der Waals surface area contributed by atoms with Crippen molar-refractivity contribution in [3.63, 3.8) is 0 Å². The van der Waals surface area contributed by atoms with Crippen molar-refractivity contribution in [1.29, 1.82) is 0 Å². The Labute approximate surface area is 300 Å². The summed E-state index contributed by atoms with van der Waals surface area (Å²) in [6.07, 6.45) is 0. The lowest BCUT2D eigenvalue weighted by Gasteiger charge is -2.34. The Bertz CT molecular complexity index is 2930. The third-order valence-corrected chi connectivity index (χ3v) is 10.9. The van der Waals surface area contributed by atoms with Gasteiger partial charge in [-0.05, 0) is 70.3 Å². The van der Waals surface area contributed by atoms with Gasteiger partial charge in [0.1, 0.15) is 16.7 Å². The van der Waals surface area contributed by atoms with E-state index in [0.717, 1.165) is 60.9 Å². The minimum absolute atomic E-state index is 0.522. The number of furan rings is 2. The average Bonchev–Trinajstić information content (AvgIpc) is 3.88. The van der Waals surface area contributed by atoms with E-state index < -0.39 is 5.41 Å². The first-order chi connectivity index (χ1) is 25.8. The van der Waals surface area contributed by atoms with Crippen molar-refractivity contribution >= 4 is 60.9 Å². The fourth-order valence-corrected chi connectivity index (χ4v) is 8.83. The number of hydrogen-bond acceptors (Lipinski definition) is 3. The number of fused-ring (bicyclic) bond motifs is 9. The summed E-state index contributed by atoms with van der Waals surface area (Å²) in [6, 6.07) is 67.3. The van der Waals surface area contributed by atoms with Crippen LogP contribution in [0, 0.1) is 0 Å². The molecule has 10 aromatic rings. The van der Waals surface area contributed by atoms with Crippen LogP contribution < -0.4 is 4.90 Å². The smallest absolute Gasteiger partial charge is 0.159 e. The zero-order valence-electron chi connectivity index (χ0n) is 28.2. The summed E-state index contributed by atoms with van der Waals surface area (Å²) < 4.78 is 13.1. The van der Waals surface area contributed by atoms with E-state index in [0.29, 0.717) is 0 Å². The third kappa shape index (κ3) is 3.96. The van der Waals surface area contributed by atoms with Crippen LogP contribution in [-0.2, 0) is 5.41 Å². The average molecular weight is 666 g/mol. The predicted molar refractivity (Wildman–Crippen MR) is 213 cm³/mol. The summed E-state index contributed by atoms with van der Waals surface area (Å²) in [7, 11) is 0. The topological polar surface area (TPSA) is 29.5 Å². The fraction of sp³-hybridized carbons (Fsp3) is 0.0204. The molecule has 2 heterocycles. The molecule has 0 bridgehead atoms. The van der Waals surface area contributed by atoms with E-state index in [2.05, 4.69) is 175 Å². The highest BCUT2D eigenvalue weighted by molar-refractivity contribution is 6.12. The Balaban J connectivity index is 1.27. The van der Waals surface area contributed by atoms with Crippen LogP contribution in [0.2, 0.25) is 0 Å². The maximum absolute atomic E-state index is 6.76. The van der Waals surface area contributed by atoms with Crippen LogP contribution in [0.4, 0.5) is 17.1 Å². The first-order valence-electron chi connectivity index (χ1n) is 17.8. The van der Waals surface area contributed by atoms with Crippen molar-refractivity contribution in [2.75, 3.05) is 4.90 Å². The monoisotopic (exact) mass is 665 g/mol. The molecule has 3 heteroatoms. The molecule has 0 spiro atoms. The molecule has 0 fully saturated rings. The minimum atomic E-state index is -0.522. The van der Waals surface area contributed by atoms with Crippen molar-refractivity contribution in [2.45, 2.75) is 5.41 Å². The van der Waals surface area contributed by atoms with E-state index in [9.17, 15) is 0 Å². The largest absolute Gasteiger partial charge is 0.456 e. The van der Waals surface area contributed by atoms with Gasteiger partial charge in [-0.3, -0.25) is 0 Å². The number of benzene rings is 8. The normalized spacial score (nSPS) is 13.2. The zero-order valence-corrected chi connectivity index (χ0v) is 28.2. The van der Waals surface area contributed by atoms with Gasteiger partial charge < -0.3 is 13.7 Å². The molecule has 3 nitrogen and oxygen atoms in total. The Hall–Kier alpha value is -6.84. The SMILES string of the molecule is c1ccc(C2(c3ccccc3)c3ccccc3-c3c(N(c4ccc5oc6ccccc6c5c4)c4cccc5c4oc4ccccc45)cccc32)cc1. The van der Waals surface area contributed by atoms with Crippen LogP contribution in [-0.4, -0.2) is 0 Å². The summed E-state index contributed by atoms with van der Waals surface area (Å²) in [4.78, 5) is 2.40. The van der Waals surface area contributed by atoms with Gasteiger partial charge in [0.05, 0.1) is 16.8 Å². The Morgan fingerprint density at radius 3 is 1.71 bits per heavy atom. The predicted octanol–water partition coefficient (Wildman–Crippen LogP) is 13.3. The first kappa shape index (κ1) is 28.9. The number of anilines is 3. The molecule has 0 aliphatic heterocycles. The molecule has 0 unspecified atom stereocenters. The molecule has 52 heavy (non-hydrogen) atoms. The van der Waals surface area contributed by atoms with Crippen LogP contribution in [0.1, 0.15) is 22.3 Å².